The number of pyridine rings is 1. The Labute approximate surface area is 232 Å². The lowest BCUT2D eigenvalue weighted by atomic mass is 10.1. The van der Waals surface area contributed by atoms with Crippen LogP contribution in [0.2, 0.25) is 0 Å². The lowest BCUT2D eigenvalue weighted by Crippen LogP contribution is -2.48. The van der Waals surface area contributed by atoms with Crippen molar-refractivity contribution in [1.82, 2.24) is 9.88 Å². The van der Waals surface area contributed by atoms with Crippen LogP contribution >= 0.6 is 0 Å². The highest BCUT2D eigenvalue weighted by Crippen LogP contribution is 2.32. The topological polar surface area (TPSA) is 68.8 Å². The van der Waals surface area contributed by atoms with E-state index in [1.54, 1.807) is 11.0 Å². The zero-order chi connectivity index (χ0) is 28.3. The number of piperazine rings is 1. The Kier molecular flexibility index (Phi) is 8.14. The van der Waals surface area contributed by atoms with Gasteiger partial charge in [-0.1, -0.05) is 6.07 Å². The van der Waals surface area contributed by atoms with Gasteiger partial charge in [-0.2, -0.15) is 13.2 Å². The van der Waals surface area contributed by atoms with E-state index in [-0.39, 0.29) is 24.7 Å². The van der Waals surface area contributed by atoms with E-state index >= 15 is 0 Å². The number of nitrogens with zero attached hydrogens (tertiary/aromatic N) is 4. The number of alkyl halides is 3. The largest absolute Gasteiger partial charge is 0.416 e. The maximum atomic E-state index is 13.0. The number of carbonyl (C=O) groups excluding carboxylic acids is 2. The molecule has 1 aromatic heterocycles. The summed E-state index contributed by atoms with van der Waals surface area (Å²) in [6.07, 6.45) is -0.645. The molecular weight excluding hydrogens is 519 g/mol. The average Bonchev–Trinajstić information content (AvgIpc) is 2.96. The van der Waals surface area contributed by atoms with Crippen molar-refractivity contribution in [3.8, 4) is 0 Å². The first-order valence-corrected chi connectivity index (χ1v) is 13.8. The Morgan fingerprint density at radius 3 is 2.35 bits per heavy atom. The fraction of sp³-hybridized carbons (Fsp3) is 0.433. The summed E-state index contributed by atoms with van der Waals surface area (Å²) in [7, 11) is 0. The van der Waals surface area contributed by atoms with Gasteiger partial charge in [-0.15, -0.1) is 0 Å². The minimum Gasteiger partial charge on any atom is -0.368 e. The fourth-order valence-electron chi connectivity index (χ4n) is 5.43. The molecule has 0 bridgehead atoms. The molecule has 3 heterocycles. The van der Waals surface area contributed by atoms with Gasteiger partial charge in [-0.05, 0) is 74.2 Å². The Morgan fingerprint density at radius 1 is 0.875 bits per heavy atom. The van der Waals surface area contributed by atoms with Gasteiger partial charge in [0.25, 0.3) is 0 Å². The predicted molar refractivity (Wildman–Crippen MR) is 151 cm³/mol. The number of halogens is 3. The van der Waals surface area contributed by atoms with Crippen molar-refractivity contribution in [2.45, 2.75) is 45.2 Å². The maximum Gasteiger partial charge on any atom is 0.416 e. The van der Waals surface area contributed by atoms with Gasteiger partial charge in [0, 0.05) is 68.9 Å². The monoisotopic (exact) mass is 553 g/mol. The van der Waals surface area contributed by atoms with Crippen LogP contribution in [0.25, 0.3) is 10.9 Å². The number of hydrogen-bond acceptors (Lipinski definition) is 5. The van der Waals surface area contributed by atoms with Crippen molar-refractivity contribution < 1.29 is 22.8 Å². The molecule has 2 aromatic carbocycles. The van der Waals surface area contributed by atoms with E-state index in [1.807, 2.05) is 23.1 Å². The summed E-state index contributed by atoms with van der Waals surface area (Å²) in [5, 5.41) is 3.88. The molecule has 5 rings (SSSR count). The minimum absolute atomic E-state index is 0.0514. The Balaban J connectivity index is 1.12. The highest BCUT2D eigenvalue weighted by Gasteiger charge is 2.31. The highest BCUT2D eigenvalue weighted by molar-refractivity contribution is 5.96. The van der Waals surface area contributed by atoms with Gasteiger partial charge < -0.3 is 20.0 Å². The maximum absolute atomic E-state index is 13.0. The molecule has 2 aliphatic rings. The predicted octanol–water partition coefficient (Wildman–Crippen LogP) is 5.62. The second kappa shape index (κ2) is 11.7. The quantitative estimate of drug-likeness (QED) is 0.429. The molecule has 1 N–H and O–H groups in total. The van der Waals surface area contributed by atoms with E-state index in [4.69, 9.17) is 4.98 Å². The van der Waals surface area contributed by atoms with Crippen LogP contribution in [0.4, 0.5) is 30.4 Å². The number of piperidine rings is 1. The van der Waals surface area contributed by atoms with Crippen LogP contribution in [0.5, 0.6) is 0 Å². The molecule has 0 saturated carbocycles. The molecule has 0 atom stereocenters. The van der Waals surface area contributed by atoms with E-state index in [0.717, 1.165) is 47.5 Å². The first kappa shape index (κ1) is 27.7. The van der Waals surface area contributed by atoms with Gasteiger partial charge in [-0.3, -0.25) is 9.59 Å². The molecule has 40 heavy (non-hydrogen) atoms. The van der Waals surface area contributed by atoms with E-state index in [0.29, 0.717) is 37.6 Å². The summed E-state index contributed by atoms with van der Waals surface area (Å²) in [6, 6.07) is 13.0. The molecule has 0 radical (unpaired) electrons. The van der Waals surface area contributed by atoms with Gasteiger partial charge >= 0.3 is 6.18 Å². The van der Waals surface area contributed by atoms with E-state index < -0.39 is 11.7 Å². The fourth-order valence-corrected chi connectivity index (χ4v) is 5.43. The molecule has 10 heteroatoms. The van der Waals surface area contributed by atoms with Gasteiger partial charge in [-0.25, -0.2) is 4.98 Å². The standard InChI is InChI=1S/C30H34F3N5O2/c1-21-18-27(37-12-3-2-4-13-37)35-26-9-8-23(20-25(21)26)34-28(39)10-11-29(40)38-16-14-36(15-17-38)24-7-5-6-22(19-24)30(31,32)33/h5-9,18-20H,2-4,10-17H2,1H3,(H,34,39). The first-order valence-electron chi connectivity index (χ1n) is 13.8. The molecule has 212 valence electrons. The van der Waals surface area contributed by atoms with E-state index in [1.165, 1.54) is 25.3 Å². The van der Waals surface area contributed by atoms with Gasteiger partial charge in [0.15, 0.2) is 0 Å². The minimum atomic E-state index is -4.40. The number of carbonyl (C=O) groups is 2. The van der Waals surface area contributed by atoms with Crippen LogP contribution in [-0.4, -0.2) is 61.0 Å². The molecule has 0 spiro atoms. The summed E-state index contributed by atoms with van der Waals surface area (Å²) in [5.41, 5.74) is 2.45. The number of benzene rings is 2. The van der Waals surface area contributed by atoms with Crippen LogP contribution in [0.3, 0.4) is 0 Å². The summed E-state index contributed by atoms with van der Waals surface area (Å²) < 4.78 is 39.1. The SMILES string of the molecule is Cc1cc(N2CCCCC2)nc2ccc(NC(=O)CCC(=O)N3CCN(c4cccc(C(F)(F)F)c4)CC3)cc12. The number of nitrogens with one attached hydrogen (secondary N) is 1. The molecular formula is C30H34F3N5O2. The average molecular weight is 554 g/mol. The lowest BCUT2D eigenvalue weighted by Gasteiger charge is -2.36. The van der Waals surface area contributed by atoms with Gasteiger partial charge in [0.05, 0.1) is 11.1 Å². The molecule has 7 nitrogen and oxygen atoms in total. The zero-order valence-corrected chi connectivity index (χ0v) is 22.6. The van der Waals surface area contributed by atoms with Crippen LogP contribution in [0.15, 0.2) is 48.5 Å². The summed E-state index contributed by atoms with van der Waals surface area (Å²) >= 11 is 0. The molecule has 3 aromatic rings. The lowest BCUT2D eigenvalue weighted by molar-refractivity contribution is -0.137. The Bertz CT molecular complexity index is 1380. The summed E-state index contributed by atoms with van der Waals surface area (Å²) in [4.78, 5) is 36.0. The van der Waals surface area contributed by atoms with Crippen LogP contribution < -0.4 is 15.1 Å². The molecule has 2 aliphatic heterocycles. The third kappa shape index (κ3) is 6.48. The second-order valence-electron chi connectivity index (χ2n) is 10.5. The molecule has 0 aliphatic carbocycles. The highest BCUT2D eigenvalue weighted by atomic mass is 19.4. The normalized spacial score (nSPS) is 16.4. The number of amides is 2. The molecule has 2 amide bonds. The smallest absolute Gasteiger partial charge is 0.368 e. The first-order chi connectivity index (χ1) is 19.2. The Hall–Kier alpha value is -3.82. The van der Waals surface area contributed by atoms with Crippen LogP contribution in [-0.2, 0) is 15.8 Å². The molecule has 2 saturated heterocycles. The second-order valence-corrected chi connectivity index (χ2v) is 10.5. The van der Waals surface area contributed by atoms with Crippen molar-refractivity contribution in [2.75, 3.05) is 54.4 Å². The molecule has 2 fully saturated rings. The van der Waals surface area contributed by atoms with E-state index in [9.17, 15) is 22.8 Å². The summed E-state index contributed by atoms with van der Waals surface area (Å²) in [6.45, 7) is 5.76. The molecule has 0 unspecified atom stereocenters. The number of hydrogen-bond donors (Lipinski definition) is 1. The zero-order valence-electron chi connectivity index (χ0n) is 22.6. The van der Waals surface area contributed by atoms with Crippen LogP contribution in [0, 0.1) is 6.92 Å². The Morgan fingerprint density at radius 2 is 1.62 bits per heavy atom. The van der Waals surface area contributed by atoms with Crippen LogP contribution in [0.1, 0.15) is 43.2 Å². The van der Waals surface area contributed by atoms with Crippen molar-refractivity contribution in [2.24, 2.45) is 0 Å². The van der Waals surface area contributed by atoms with Gasteiger partial charge in [0.1, 0.15) is 5.82 Å². The van der Waals surface area contributed by atoms with Crippen molar-refractivity contribution in [1.29, 1.82) is 0 Å². The number of fused-ring (bicyclic) bond motifs is 1. The van der Waals surface area contributed by atoms with Gasteiger partial charge in [0.2, 0.25) is 11.8 Å². The number of anilines is 3. The number of aryl methyl sites for hydroxylation is 1. The summed E-state index contributed by atoms with van der Waals surface area (Å²) in [5.74, 6) is 0.615. The third-order valence-corrected chi connectivity index (χ3v) is 7.70. The van der Waals surface area contributed by atoms with E-state index in [2.05, 4.69) is 23.2 Å². The van der Waals surface area contributed by atoms with Crippen molar-refractivity contribution in [3.63, 3.8) is 0 Å². The van der Waals surface area contributed by atoms with Crippen molar-refractivity contribution in [3.05, 3.63) is 59.7 Å². The van der Waals surface area contributed by atoms with Crippen molar-refractivity contribution >= 4 is 39.9 Å². The number of rotatable bonds is 6. The third-order valence-electron chi connectivity index (χ3n) is 7.70. The number of aromatic nitrogens is 1.